The van der Waals surface area contributed by atoms with Crippen LogP contribution in [0.5, 0.6) is 0 Å². The average molecular weight is 611 g/mol. The zero-order valence-electron chi connectivity index (χ0n) is 26.7. The molecule has 0 radical (unpaired) electrons. The lowest BCUT2D eigenvalue weighted by Crippen LogP contribution is -2.45. The number of amides is 3. The summed E-state index contributed by atoms with van der Waals surface area (Å²) < 4.78 is 0. The standard InChI is InChI=1S/C34H42N8O3/c1-20(2)30-39-33(41-40-30)34(17-21(3)38-19-29(43)42-14-6-7-26(42)18-35)27-12-10-24(31(44)36-4)15-22(27)8-9-23-16-25(32(45)37-5)11-13-28(23)34/h10-13,15-16,20-21,26,38H,6-9,14,17,19H2,1-5H3,(H,36,44)(H,37,45)(H,39,40,41)/t21-,26?/m0/s1. The van der Waals surface area contributed by atoms with E-state index in [1.165, 1.54) is 0 Å². The highest BCUT2D eigenvalue weighted by molar-refractivity contribution is 5.95. The van der Waals surface area contributed by atoms with Gasteiger partial charge in [-0.05, 0) is 85.5 Å². The summed E-state index contributed by atoms with van der Waals surface area (Å²) in [5, 5.41) is 27.7. The van der Waals surface area contributed by atoms with Crippen molar-refractivity contribution in [2.75, 3.05) is 27.2 Å². The number of nitriles is 1. The molecule has 2 atom stereocenters. The molecule has 11 heteroatoms. The number of carbonyl (C=O) groups is 3. The third-order valence-corrected chi connectivity index (χ3v) is 9.16. The number of benzene rings is 2. The van der Waals surface area contributed by atoms with E-state index in [0.717, 1.165) is 34.5 Å². The van der Waals surface area contributed by atoms with Crippen LogP contribution in [-0.4, -0.2) is 77.1 Å². The van der Waals surface area contributed by atoms with Crippen molar-refractivity contribution in [1.29, 1.82) is 5.26 Å². The second-order valence-electron chi connectivity index (χ2n) is 12.4. The van der Waals surface area contributed by atoms with Gasteiger partial charge in [-0.1, -0.05) is 26.0 Å². The Hall–Kier alpha value is -4.56. The normalized spacial score (nSPS) is 17.5. The fraction of sp³-hybridized carbons (Fsp3) is 0.471. The van der Waals surface area contributed by atoms with Gasteiger partial charge in [0.2, 0.25) is 5.91 Å². The topological polar surface area (TPSA) is 156 Å². The van der Waals surface area contributed by atoms with Crippen LogP contribution in [0.15, 0.2) is 36.4 Å². The summed E-state index contributed by atoms with van der Waals surface area (Å²) >= 11 is 0. The van der Waals surface area contributed by atoms with Gasteiger partial charge in [-0.15, -0.1) is 10.2 Å². The zero-order valence-corrected chi connectivity index (χ0v) is 26.7. The molecule has 1 aliphatic heterocycles. The van der Waals surface area contributed by atoms with Crippen LogP contribution in [0.3, 0.4) is 0 Å². The van der Waals surface area contributed by atoms with E-state index in [2.05, 4.69) is 45.9 Å². The highest BCUT2D eigenvalue weighted by Gasteiger charge is 2.45. The first-order valence-electron chi connectivity index (χ1n) is 15.7. The molecule has 1 aliphatic carbocycles. The fourth-order valence-corrected chi connectivity index (χ4v) is 6.81. The van der Waals surface area contributed by atoms with E-state index >= 15 is 0 Å². The van der Waals surface area contributed by atoms with Gasteiger partial charge in [-0.3, -0.25) is 14.4 Å². The summed E-state index contributed by atoms with van der Waals surface area (Å²) in [6, 6.07) is 13.3. The average Bonchev–Trinajstić information content (AvgIpc) is 3.73. The largest absolute Gasteiger partial charge is 0.355 e. The molecule has 11 nitrogen and oxygen atoms in total. The number of rotatable bonds is 9. The second-order valence-corrected chi connectivity index (χ2v) is 12.4. The van der Waals surface area contributed by atoms with Crippen molar-refractivity contribution in [3.8, 4) is 6.07 Å². The number of H-pyrrole nitrogens is 1. The summed E-state index contributed by atoms with van der Waals surface area (Å²) in [6.07, 6.45) is 3.35. The van der Waals surface area contributed by atoms with Crippen LogP contribution in [0.25, 0.3) is 0 Å². The van der Waals surface area contributed by atoms with Gasteiger partial charge >= 0.3 is 0 Å². The number of nitrogens with one attached hydrogen (secondary N) is 4. The fourth-order valence-electron chi connectivity index (χ4n) is 6.81. The van der Waals surface area contributed by atoms with E-state index in [0.29, 0.717) is 49.2 Å². The molecular formula is C34H42N8O3. The molecule has 236 valence electrons. The van der Waals surface area contributed by atoms with Gasteiger partial charge < -0.3 is 25.8 Å². The van der Waals surface area contributed by atoms with E-state index in [4.69, 9.17) is 5.10 Å². The minimum atomic E-state index is -0.845. The number of aromatic nitrogens is 3. The maximum atomic E-state index is 13.2. The van der Waals surface area contributed by atoms with Crippen LogP contribution in [-0.2, 0) is 23.1 Å². The molecule has 1 aromatic heterocycles. The smallest absolute Gasteiger partial charge is 0.251 e. The third kappa shape index (κ3) is 6.07. The van der Waals surface area contributed by atoms with Crippen LogP contribution in [0.1, 0.15) is 101 Å². The van der Waals surface area contributed by atoms with Crippen molar-refractivity contribution >= 4 is 17.7 Å². The van der Waals surface area contributed by atoms with Crippen molar-refractivity contribution in [2.24, 2.45) is 0 Å². The number of likely N-dealkylation sites (tertiary alicyclic amines) is 1. The molecule has 0 spiro atoms. The maximum absolute atomic E-state index is 13.2. The molecule has 0 saturated carbocycles. The van der Waals surface area contributed by atoms with E-state index in [-0.39, 0.29) is 42.3 Å². The number of aromatic amines is 1. The minimum Gasteiger partial charge on any atom is -0.355 e. The minimum absolute atomic E-state index is 0.0891. The van der Waals surface area contributed by atoms with Gasteiger partial charge in [0.25, 0.3) is 11.8 Å². The molecule has 1 saturated heterocycles. The number of hydrogen-bond donors (Lipinski definition) is 4. The Morgan fingerprint density at radius 2 is 1.60 bits per heavy atom. The monoisotopic (exact) mass is 610 g/mol. The van der Waals surface area contributed by atoms with Crippen LogP contribution in [0, 0.1) is 11.3 Å². The molecular weight excluding hydrogens is 568 g/mol. The van der Waals surface area contributed by atoms with Crippen LogP contribution < -0.4 is 16.0 Å². The number of hydrogen-bond acceptors (Lipinski definition) is 7. The van der Waals surface area contributed by atoms with Gasteiger partial charge in [0.05, 0.1) is 18.0 Å². The van der Waals surface area contributed by atoms with E-state index < -0.39 is 5.41 Å². The summed E-state index contributed by atoms with van der Waals surface area (Å²) in [4.78, 5) is 43.8. The Bertz CT molecular complexity index is 1570. The molecule has 4 N–H and O–H groups in total. The lowest BCUT2D eigenvalue weighted by molar-refractivity contribution is -0.130. The molecule has 5 rings (SSSR count). The summed E-state index contributed by atoms with van der Waals surface area (Å²) in [5.74, 6) is 1.11. The van der Waals surface area contributed by atoms with E-state index in [9.17, 15) is 19.6 Å². The van der Waals surface area contributed by atoms with Gasteiger partial charge in [0, 0.05) is 43.7 Å². The Morgan fingerprint density at radius 1 is 1.00 bits per heavy atom. The van der Waals surface area contributed by atoms with Crippen molar-refractivity contribution in [2.45, 2.75) is 76.3 Å². The first-order chi connectivity index (χ1) is 21.6. The molecule has 1 fully saturated rings. The SMILES string of the molecule is CNC(=O)c1ccc2c(c1)CCc1cc(C(=O)NC)ccc1C2(C[C@H](C)NCC(=O)N1CCCC1C#N)c1nnc(C(C)C)[nH]1. The van der Waals surface area contributed by atoms with E-state index in [1.54, 1.807) is 19.0 Å². The molecule has 3 amide bonds. The quantitative estimate of drug-likeness (QED) is 0.290. The first-order valence-corrected chi connectivity index (χ1v) is 15.7. The Balaban J connectivity index is 1.65. The molecule has 2 heterocycles. The predicted octanol–water partition coefficient (Wildman–Crippen LogP) is 2.96. The number of aryl methyl sites for hydroxylation is 2. The maximum Gasteiger partial charge on any atom is 0.251 e. The van der Waals surface area contributed by atoms with Crippen molar-refractivity contribution < 1.29 is 14.4 Å². The second kappa shape index (κ2) is 13.2. The van der Waals surface area contributed by atoms with Gasteiger partial charge in [0.15, 0.2) is 0 Å². The predicted molar refractivity (Wildman–Crippen MR) is 170 cm³/mol. The lowest BCUT2D eigenvalue weighted by Gasteiger charge is -2.37. The van der Waals surface area contributed by atoms with Crippen molar-refractivity contribution in [3.63, 3.8) is 0 Å². The van der Waals surface area contributed by atoms with E-state index in [1.807, 2.05) is 43.3 Å². The first kappa shape index (κ1) is 31.9. The number of nitrogens with zero attached hydrogens (tertiary/aromatic N) is 4. The van der Waals surface area contributed by atoms with Crippen LogP contribution >= 0.6 is 0 Å². The number of fused-ring (bicyclic) bond motifs is 2. The molecule has 1 unspecified atom stereocenters. The van der Waals surface area contributed by atoms with Gasteiger partial charge in [0.1, 0.15) is 17.7 Å². The lowest BCUT2D eigenvalue weighted by atomic mass is 9.67. The van der Waals surface area contributed by atoms with Crippen molar-refractivity contribution in [1.82, 2.24) is 36.0 Å². The van der Waals surface area contributed by atoms with Gasteiger partial charge in [-0.2, -0.15) is 5.26 Å². The molecule has 45 heavy (non-hydrogen) atoms. The molecule has 0 bridgehead atoms. The number of carbonyl (C=O) groups excluding carboxylic acids is 3. The van der Waals surface area contributed by atoms with Crippen molar-refractivity contribution in [3.05, 3.63) is 81.4 Å². The Kier molecular flexibility index (Phi) is 9.34. The van der Waals surface area contributed by atoms with Crippen LogP contribution in [0.4, 0.5) is 0 Å². The Morgan fingerprint density at radius 3 is 2.11 bits per heavy atom. The van der Waals surface area contributed by atoms with Crippen LogP contribution in [0.2, 0.25) is 0 Å². The Labute approximate surface area is 264 Å². The highest BCUT2D eigenvalue weighted by Crippen LogP contribution is 2.47. The molecule has 2 aromatic carbocycles. The zero-order chi connectivity index (χ0) is 32.3. The molecule has 3 aromatic rings. The summed E-state index contributed by atoms with van der Waals surface area (Å²) in [5.41, 5.74) is 4.30. The third-order valence-electron chi connectivity index (χ3n) is 9.16. The van der Waals surface area contributed by atoms with Gasteiger partial charge in [-0.25, -0.2) is 0 Å². The highest BCUT2D eigenvalue weighted by atomic mass is 16.2. The summed E-state index contributed by atoms with van der Waals surface area (Å²) in [7, 11) is 3.23. The molecule has 2 aliphatic rings. The summed E-state index contributed by atoms with van der Waals surface area (Å²) in [6.45, 7) is 6.85.